The van der Waals surface area contributed by atoms with E-state index >= 15 is 0 Å². The van der Waals surface area contributed by atoms with Crippen LogP contribution in [0.2, 0.25) is 0 Å². The van der Waals surface area contributed by atoms with Gasteiger partial charge in [-0.3, -0.25) is 0 Å². The van der Waals surface area contributed by atoms with Crippen molar-refractivity contribution in [1.82, 2.24) is 0 Å². The van der Waals surface area contributed by atoms with Crippen LogP contribution in [-0.4, -0.2) is 5.38 Å². The van der Waals surface area contributed by atoms with Gasteiger partial charge in [0.15, 0.2) is 0 Å². The highest BCUT2D eigenvalue weighted by Crippen LogP contribution is 2.19. The fourth-order valence-electron chi connectivity index (χ4n) is 2.70. The Kier molecular flexibility index (Phi) is 11.4. The van der Waals surface area contributed by atoms with E-state index in [1.165, 1.54) is 63.4 Å². The van der Waals surface area contributed by atoms with Crippen molar-refractivity contribution in [2.75, 3.05) is 0 Å². The van der Waals surface area contributed by atoms with Crippen LogP contribution in [-0.2, 0) is 6.42 Å². The Bertz CT molecular complexity index is 364. The fourth-order valence-corrected chi connectivity index (χ4v) is 3.48. The van der Waals surface area contributed by atoms with Gasteiger partial charge in [0.25, 0.3) is 0 Å². The minimum Gasteiger partial charge on any atom is -0.123 e. The molecule has 0 nitrogen and oxygen atoms in total. The summed E-state index contributed by atoms with van der Waals surface area (Å²) < 4.78 is 1.15. The first-order valence-corrected chi connectivity index (χ1v) is 9.84. The van der Waals surface area contributed by atoms with E-state index in [0.717, 1.165) is 17.3 Å². The normalized spacial score (nSPS) is 12.5. The first-order chi connectivity index (χ1) is 10.2. The van der Waals surface area contributed by atoms with Gasteiger partial charge in [0.1, 0.15) is 0 Å². The second-order valence-corrected chi connectivity index (χ2v) is 7.58. The standard InChI is InChI=1S/C19H30BrCl/c1-2-3-4-5-6-7-8-9-10-14-19(21)16-17-12-11-13-18(20)15-17/h11-13,15,19H,2-10,14,16H2,1H3. The van der Waals surface area contributed by atoms with Gasteiger partial charge in [-0.05, 0) is 30.5 Å². The molecule has 0 radical (unpaired) electrons. The third-order valence-corrected chi connectivity index (χ3v) is 4.83. The van der Waals surface area contributed by atoms with E-state index in [4.69, 9.17) is 11.6 Å². The lowest BCUT2D eigenvalue weighted by Gasteiger charge is -2.09. The first kappa shape index (κ1) is 19.0. The number of alkyl halides is 1. The third kappa shape index (κ3) is 10.4. The van der Waals surface area contributed by atoms with E-state index in [-0.39, 0.29) is 5.38 Å². The van der Waals surface area contributed by atoms with E-state index in [1.807, 2.05) is 0 Å². The number of rotatable bonds is 12. The summed E-state index contributed by atoms with van der Waals surface area (Å²) in [6.07, 6.45) is 14.5. The molecule has 0 saturated carbocycles. The zero-order valence-corrected chi connectivity index (χ0v) is 15.8. The molecule has 0 aliphatic carbocycles. The Morgan fingerprint density at radius 3 is 2.19 bits per heavy atom. The molecule has 0 saturated heterocycles. The number of benzene rings is 1. The summed E-state index contributed by atoms with van der Waals surface area (Å²) in [5, 5.41) is 0.281. The van der Waals surface area contributed by atoms with Crippen molar-refractivity contribution in [2.45, 2.75) is 82.9 Å². The minimum absolute atomic E-state index is 0.281. The highest BCUT2D eigenvalue weighted by molar-refractivity contribution is 9.10. The molecule has 1 rings (SSSR count). The summed E-state index contributed by atoms with van der Waals surface area (Å²) in [4.78, 5) is 0. The van der Waals surface area contributed by atoms with Crippen molar-refractivity contribution in [3.8, 4) is 0 Å². The van der Waals surface area contributed by atoms with Gasteiger partial charge in [-0.25, -0.2) is 0 Å². The lowest BCUT2D eigenvalue weighted by Crippen LogP contribution is -2.03. The molecule has 0 amide bonds. The number of halogens is 2. The zero-order chi connectivity index (χ0) is 15.3. The van der Waals surface area contributed by atoms with Crippen molar-refractivity contribution in [1.29, 1.82) is 0 Å². The summed E-state index contributed by atoms with van der Waals surface area (Å²) in [6.45, 7) is 2.27. The highest BCUT2D eigenvalue weighted by atomic mass is 79.9. The van der Waals surface area contributed by atoms with Gasteiger partial charge in [0.2, 0.25) is 0 Å². The van der Waals surface area contributed by atoms with Gasteiger partial charge in [-0.2, -0.15) is 0 Å². The Labute approximate surface area is 144 Å². The molecule has 0 aliphatic rings. The van der Waals surface area contributed by atoms with Crippen LogP contribution in [0, 0.1) is 0 Å². The number of unbranched alkanes of at least 4 members (excludes halogenated alkanes) is 8. The van der Waals surface area contributed by atoms with Crippen LogP contribution in [0.25, 0.3) is 0 Å². The van der Waals surface area contributed by atoms with Crippen LogP contribution < -0.4 is 0 Å². The van der Waals surface area contributed by atoms with Gasteiger partial charge in [-0.1, -0.05) is 92.8 Å². The average Bonchev–Trinajstić information content (AvgIpc) is 2.45. The molecule has 2 heteroatoms. The molecule has 0 spiro atoms. The SMILES string of the molecule is CCCCCCCCCCCC(Cl)Cc1cccc(Br)c1. The predicted octanol–water partition coefficient (Wildman–Crippen LogP) is 7.52. The lowest BCUT2D eigenvalue weighted by atomic mass is 10.0. The smallest absolute Gasteiger partial charge is 0.0376 e. The van der Waals surface area contributed by atoms with Gasteiger partial charge in [0, 0.05) is 9.85 Å². The monoisotopic (exact) mass is 372 g/mol. The second kappa shape index (κ2) is 12.5. The van der Waals surface area contributed by atoms with Crippen LogP contribution in [0.3, 0.4) is 0 Å². The second-order valence-electron chi connectivity index (χ2n) is 6.05. The zero-order valence-electron chi connectivity index (χ0n) is 13.4. The molecular weight excluding hydrogens is 344 g/mol. The van der Waals surface area contributed by atoms with Gasteiger partial charge >= 0.3 is 0 Å². The molecule has 1 unspecified atom stereocenters. The molecule has 120 valence electrons. The Morgan fingerprint density at radius 2 is 1.57 bits per heavy atom. The molecule has 0 aromatic heterocycles. The average molecular weight is 374 g/mol. The van der Waals surface area contributed by atoms with E-state index in [9.17, 15) is 0 Å². The summed E-state index contributed by atoms with van der Waals surface area (Å²) in [5.74, 6) is 0. The number of hydrogen-bond acceptors (Lipinski definition) is 0. The highest BCUT2D eigenvalue weighted by Gasteiger charge is 2.06. The van der Waals surface area contributed by atoms with Crippen molar-refractivity contribution >= 4 is 27.5 Å². The molecule has 0 fully saturated rings. The predicted molar refractivity (Wildman–Crippen MR) is 99.3 cm³/mol. The van der Waals surface area contributed by atoms with E-state index < -0.39 is 0 Å². The third-order valence-electron chi connectivity index (χ3n) is 3.97. The summed E-state index contributed by atoms with van der Waals surface area (Å²) >= 11 is 9.96. The lowest BCUT2D eigenvalue weighted by molar-refractivity contribution is 0.551. The Morgan fingerprint density at radius 1 is 0.952 bits per heavy atom. The Hall–Kier alpha value is -0.0100. The molecule has 0 aliphatic heterocycles. The van der Waals surface area contributed by atoms with Crippen molar-refractivity contribution < 1.29 is 0 Å². The molecule has 0 bridgehead atoms. The molecule has 1 atom stereocenters. The molecule has 0 heterocycles. The topological polar surface area (TPSA) is 0 Å². The fraction of sp³-hybridized carbons (Fsp3) is 0.684. The van der Waals surface area contributed by atoms with Gasteiger partial charge in [0.05, 0.1) is 0 Å². The summed E-state index contributed by atoms with van der Waals surface area (Å²) in [5.41, 5.74) is 1.33. The molecule has 0 N–H and O–H groups in total. The molecule has 1 aromatic carbocycles. The Balaban J connectivity index is 1.97. The van der Waals surface area contributed by atoms with Crippen LogP contribution in [0.4, 0.5) is 0 Å². The van der Waals surface area contributed by atoms with Crippen LogP contribution in [0.15, 0.2) is 28.7 Å². The maximum atomic E-state index is 6.45. The van der Waals surface area contributed by atoms with Crippen molar-refractivity contribution in [3.63, 3.8) is 0 Å². The van der Waals surface area contributed by atoms with E-state index in [0.29, 0.717) is 0 Å². The maximum Gasteiger partial charge on any atom is 0.0376 e. The largest absolute Gasteiger partial charge is 0.123 e. The van der Waals surface area contributed by atoms with Crippen LogP contribution in [0.5, 0.6) is 0 Å². The first-order valence-electron chi connectivity index (χ1n) is 8.61. The van der Waals surface area contributed by atoms with Crippen molar-refractivity contribution in [3.05, 3.63) is 34.3 Å². The van der Waals surface area contributed by atoms with Crippen LogP contribution in [0.1, 0.15) is 76.7 Å². The quantitative estimate of drug-likeness (QED) is 0.262. The van der Waals surface area contributed by atoms with Gasteiger partial charge < -0.3 is 0 Å². The van der Waals surface area contributed by atoms with E-state index in [2.05, 4.69) is 47.1 Å². The van der Waals surface area contributed by atoms with Crippen LogP contribution >= 0.6 is 27.5 Å². The summed E-state index contributed by atoms with van der Waals surface area (Å²) in [6, 6.07) is 8.48. The van der Waals surface area contributed by atoms with Crippen molar-refractivity contribution in [2.24, 2.45) is 0 Å². The number of hydrogen-bond donors (Lipinski definition) is 0. The summed E-state index contributed by atoms with van der Waals surface area (Å²) in [7, 11) is 0. The van der Waals surface area contributed by atoms with Gasteiger partial charge in [-0.15, -0.1) is 11.6 Å². The maximum absolute atomic E-state index is 6.45. The van der Waals surface area contributed by atoms with E-state index in [1.54, 1.807) is 0 Å². The molecule has 21 heavy (non-hydrogen) atoms. The molecule has 1 aromatic rings. The minimum atomic E-state index is 0.281. The molecular formula is C19H30BrCl.